The van der Waals surface area contributed by atoms with Gasteiger partial charge in [0, 0.05) is 4.87 Å². The van der Waals surface area contributed by atoms with Crippen LogP contribution in [-0.2, 0) is 0 Å². The van der Waals surface area contributed by atoms with E-state index in [-0.39, 0.29) is 22.5 Å². The summed E-state index contributed by atoms with van der Waals surface area (Å²) in [6.07, 6.45) is 2.64. The average Bonchev–Trinajstić information content (AvgIpc) is 1.61. The Kier molecular flexibility index (Phi) is 16.8. The summed E-state index contributed by atoms with van der Waals surface area (Å²) in [6.45, 7) is 10.2. The van der Waals surface area contributed by atoms with Gasteiger partial charge in [-0.1, -0.05) is 26.7 Å². The minimum atomic E-state index is -0.0278. The third-order valence-electron chi connectivity index (χ3n) is 0.500. The number of alkyl halides is 1. The monoisotopic (exact) mass is 228 g/mol. The van der Waals surface area contributed by atoms with Crippen LogP contribution in [0.1, 0.15) is 47.5 Å². The Bertz CT molecular complexity index is 39.7. The number of unbranched alkanes of at least 4 members (excludes halogenated alkanes) is 1. The van der Waals surface area contributed by atoms with Gasteiger partial charge in [0.15, 0.2) is 0 Å². The molecule has 0 aliphatic heterocycles. The second kappa shape index (κ2) is 9.83. The zero-order valence-electron chi connectivity index (χ0n) is 7.29. The van der Waals surface area contributed by atoms with Gasteiger partial charge in [-0.2, -0.15) is 0 Å². The normalized spacial score (nSPS) is 9.00. The second-order valence-corrected chi connectivity index (χ2v) is 4.20. The van der Waals surface area contributed by atoms with Crippen molar-refractivity contribution in [2.45, 2.75) is 52.3 Å². The van der Waals surface area contributed by atoms with Gasteiger partial charge in [-0.05, 0) is 20.8 Å². The fourth-order valence-electron chi connectivity index (χ4n) is 0. The van der Waals surface area contributed by atoms with Crippen molar-refractivity contribution >= 4 is 29.2 Å². The molecule has 0 aliphatic rings. The molecule has 0 fully saturated rings. The average molecular weight is 227 g/mol. The van der Waals surface area contributed by atoms with E-state index in [0.29, 0.717) is 0 Å². The van der Waals surface area contributed by atoms with Crippen LogP contribution in [0.15, 0.2) is 0 Å². The van der Waals surface area contributed by atoms with Crippen LogP contribution in [0.2, 0.25) is 0 Å². The molecule has 66 valence electrons. The standard InChI is InChI=1S/C4H9Cl.C4H10.GeH4/c1-4(2,3)5;1-3-4-2;/h1-3H3;3-4H2,1-2H3;1H4. The first-order chi connectivity index (χ1) is 3.91. The molecule has 0 nitrogen and oxygen atoms in total. The van der Waals surface area contributed by atoms with Gasteiger partial charge < -0.3 is 0 Å². The molecule has 0 unspecified atom stereocenters. The van der Waals surface area contributed by atoms with Gasteiger partial charge in [0.2, 0.25) is 0 Å². The summed E-state index contributed by atoms with van der Waals surface area (Å²) in [6, 6.07) is 0. The van der Waals surface area contributed by atoms with E-state index in [4.69, 9.17) is 11.6 Å². The molecular formula is C8H23ClGe. The van der Waals surface area contributed by atoms with E-state index in [2.05, 4.69) is 13.8 Å². The molecule has 0 rings (SSSR count). The molecule has 0 radical (unpaired) electrons. The van der Waals surface area contributed by atoms with Crippen molar-refractivity contribution in [1.82, 2.24) is 0 Å². The first kappa shape index (κ1) is 17.1. The Morgan fingerprint density at radius 3 is 1.10 bits per heavy atom. The summed E-state index contributed by atoms with van der Waals surface area (Å²) in [4.78, 5) is -0.0278. The Balaban J connectivity index is -0.0000000910. The van der Waals surface area contributed by atoms with Crippen molar-refractivity contribution in [3.8, 4) is 0 Å². The molecule has 0 N–H and O–H groups in total. The summed E-state index contributed by atoms with van der Waals surface area (Å²) in [5.41, 5.74) is 0. The summed E-state index contributed by atoms with van der Waals surface area (Å²) in [7, 11) is 0. The number of hydrogen-bond donors (Lipinski definition) is 0. The predicted octanol–water partition coefficient (Wildman–Crippen LogP) is 2.38. The summed E-state index contributed by atoms with van der Waals surface area (Å²) >= 11 is 5.53. The Labute approximate surface area is 81.7 Å². The second-order valence-electron chi connectivity index (χ2n) is 3.07. The minimum absolute atomic E-state index is 0. The van der Waals surface area contributed by atoms with Gasteiger partial charge in [-0.25, -0.2) is 0 Å². The molecule has 0 aromatic carbocycles. The molecule has 0 saturated heterocycles. The van der Waals surface area contributed by atoms with Crippen molar-refractivity contribution < 1.29 is 0 Å². The zero-order valence-corrected chi connectivity index (χ0v) is 8.05. The van der Waals surface area contributed by atoms with E-state index in [1.807, 2.05) is 20.8 Å². The van der Waals surface area contributed by atoms with E-state index >= 15 is 0 Å². The first-order valence-corrected chi connectivity index (χ1v) is 3.98. The van der Waals surface area contributed by atoms with E-state index in [1.165, 1.54) is 12.8 Å². The Morgan fingerprint density at radius 1 is 1.00 bits per heavy atom. The van der Waals surface area contributed by atoms with Crippen LogP contribution in [-0.4, -0.2) is 22.5 Å². The molecule has 0 heterocycles. The molecule has 0 amide bonds. The van der Waals surface area contributed by atoms with Gasteiger partial charge in [-0.15, -0.1) is 11.6 Å². The zero-order chi connectivity index (χ0) is 7.91. The van der Waals surface area contributed by atoms with Crippen LogP contribution in [0.4, 0.5) is 0 Å². The van der Waals surface area contributed by atoms with Crippen molar-refractivity contribution in [3.63, 3.8) is 0 Å². The summed E-state index contributed by atoms with van der Waals surface area (Å²) < 4.78 is 0. The SMILES string of the molecule is CC(C)(C)Cl.CCCC.[GeH4]. The number of halogens is 1. The molecule has 0 aromatic rings. The molecule has 0 saturated carbocycles. The number of hydrogen-bond acceptors (Lipinski definition) is 0. The van der Waals surface area contributed by atoms with E-state index in [0.717, 1.165) is 0 Å². The van der Waals surface area contributed by atoms with Gasteiger partial charge in [0.25, 0.3) is 0 Å². The molecule has 0 bridgehead atoms. The van der Waals surface area contributed by atoms with Crippen LogP contribution >= 0.6 is 11.6 Å². The van der Waals surface area contributed by atoms with E-state index in [9.17, 15) is 0 Å². The van der Waals surface area contributed by atoms with Gasteiger partial charge in [0.05, 0.1) is 0 Å². The van der Waals surface area contributed by atoms with Gasteiger partial charge in [-0.3, -0.25) is 0 Å². The molecular weight excluding hydrogens is 204 g/mol. The van der Waals surface area contributed by atoms with E-state index in [1.54, 1.807) is 0 Å². The van der Waals surface area contributed by atoms with Crippen molar-refractivity contribution in [2.24, 2.45) is 0 Å². The van der Waals surface area contributed by atoms with Gasteiger partial charge >= 0.3 is 17.6 Å². The van der Waals surface area contributed by atoms with Crippen LogP contribution in [0.5, 0.6) is 0 Å². The van der Waals surface area contributed by atoms with Gasteiger partial charge in [0.1, 0.15) is 0 Å². The van der Waals surface area contributed by atoms with Crippen molar-refractivity contribution in [2.75, 3.05) is 0 Å². The Morgan fingerprint density at radius 2 is 1.10 bits per heavy atom. The molecule has 10 heavy (non-hydrogen) atoms. The van der Waals surface area contributed by atoms with Crippen LogP contribution in [0, 0.1) is 0 Å². The quantitative estimate of drug-likeness (QED) is 0.476. The third kappa shape index (κ3) is 161. The predicted molar refractivity (Wildman–Crippen MR) is 57.5 cm³/mol. The molecule has 0 aromatic heterocycles. The summed E-state index contributed by atoms with van der Waals surface area (Å²) in [5, 5.41) is 0. The maximum atomic E-state index is 5.53. The number of rotatable bonds is 1. The maximum absolute atomic E-state index is 5.53. The molecule has 0 aliphatic carbocycles. The van der Waals surface area contributed by atoms with Crippen LogP contribution in [0.3, 0.4) is 0 Å². The first-order valence-electron chi connectivity index (χ1n) is 3.60. The molecule has 2 heteroatoms. The molecule has 0 atom stereocenters. The van der Waals surface area contributed by atoms with Crippen LogP contribution < -0.4 is 0 Å². The summed E-state index contributed by atoms with van der Waals surface area (Å²) in [5.74, 6) is 0. The van der Waals surface area contributed by atoms with Crippen LogP contribution in [0.25, 0.3) is 0 Å². The topological polar surface area (TPSA) is 0 Å². The fourth-order valence-corrected chi connectivity index (χ4v) is 0. The van der Waals surface area contributed by atoms with E-state index < -0.39 is 0 Å². The van der Waals surface area contributed by atoms with Crippen molar-refractivity contribution in [3.05, 3.63) is 0 Å². The Hall–Kier alpha value is 0.833. The third-order valence-corrected chi connectivity index (χ3v) is 0.500. The fraction of sp³-hybridized carbons (Fsp3) is 1.00. The molecule has 0 spiro atoms. The van der Waals surface area contributed by atoms with Crippen molar-refractivity contribution in [1.29, 1.82) is 0 Å².